The molecule has 0 atom stereocenters. The molecule has 0 aromatic carbocycles. The lowest BCUT2D eigenvalue weighted by Crippen LogP contribution is -2.33. The van der Waals surface area contributed by atoms with Crippen LogP contribution in [0.1, 0.15) is 56.9 Å². The van der Waals surface area contributed by atoms with Crippen molar-refractivity contribution < 1.29 is 4.79 Å². The highest BCUT2D eigenvalue weighted by Crippen LogP contribution is 2.30. The topological polar surface area (TPSA) is 51.3 Å². The minimum atomic E-state index is 0.132. The van der Waals surface area contributed by atoms with Gasteiger partial charge in [0, 0.05) is 25.8 Å². The van der Waals surface area contributed by atoms with E-state index >= 15 is 0 Å². The van der Waals surface area contributed by atoms with Crippen LogP contribution in [0, 0.1) is 5.41 Å². The Balaban J connectivity index is 2.14. The number of carbonyl (C=O) groups excluding carboxylic acids is 1. The predicted molar refractivity (Wildman–Crippen MR) is 82.7 cm³/mol. The largest absolute Gasteiger partial charge is 0.397 e. The lowest BCUT2D eigenvalue weighted by atomic mass is 9.85. The SMILES string of the molecule is CCCn1cc(N)cc1C(=O)N1CCCC(C)(C)CC1. The van der Waals surface area contributed by atoms with Crippen LogP contribution < -0.4 is 5.73 Å². The van der Waals surface area contributed by atoms with Gasteiger partial charge in [0.05, 0.1) is 5.69 Å². The first-order valence-electron chi connectivity index (χ1n) is 7.68. The second-order valence-electron chi connectivity index (χ2n) is 6.66. The van der Waals surface area contributed by atoms with Crippen molar-refractivity contribution in [2.24, 2.45) is 5.41 Å². The van der Waals surface area contributed by atoms with Gasteiger partial charge >= 0.3 is 0 Å². The number of amides is 1. The van der Waals surface area contributed by atoms with Crippen LogP contribution in [-0.4, -0.2) is 28.5 Å². The van der Waals surface area contributed by atoms with Gasteiger partial charge in [0.25, 0.3) is 5.91 Å². The van der Waals surface area contributed by atoms with Crippen LogP contribution in [0.25, 0.3) is 0 Å². The molecule has 0 radical (unpaired) electrons. The molecule has 1 aromatic heterocycles. The maximum atomic E-state index is 12.7. The van der Waals surface area contributed by atoms with Gasteiger partial charge in [-0.2, -0.15) is 0 Å². The van der Waals surface area contributed by atoms with E-state index in [0.29, 0.717) is 11.1 Å². The minimum absolute atomic E-state index is 0.132. The van der Waals surface area contributed by atoms with Gasteiger partial charge in [-0.05, 0) is 37.2 Å². The molecule has 2 rings (SSSR count). The van der Waals surface area contributed by atoms with Crippen LogP contribution in [0.2, 0.25) is 0 Å². The number of nitrogens with two attached hydrogens (primary N) is 1. The molecule has 112 valence electrons. The lowest BCUT2D eigenvalue weighted by Gasteiger charge is -2.23. The molecule has 1 aliphatic heterocycles. The van der Waals surface area contributed by atoms with E-state index in [1.807, 2.05) is 21.7 Å². The summed E-state index contributed by atoms with van der Waals surface area (Å²) in [6.45, 7) is 9.25. The first-order valence-corrected chi connectivity index (χ1v) is 7.68. The minimum Gasteiger partial charge on any atom is -0.397 e. The van der Waals surface area contributed by atoms with Gasteiger partial charge in [0.1, 0.15) is 5.69 Å². The fourth-order valence-electron chi connectivity index (χ4n) is 2.93. The van der Waals surface area contributed by atoms with Gasteiger partial charge in [-0.15, -0.1) is 0 Å². The zero-order valence-electron chi connectivity index (χ0n) is 13.0. The Bertz CT molecular complexity index is 476. The summed E-state index contributed by atoms with van der Waals surface area (Å²) in [5, 5.41) is 0. The van der Waals surface area contributed by atoms with E-state index in [4.69, 9.17) is 5.73 Å². The summed E-state index contributed by atoms with van der Waals surface area (Å²) in [5.74, 6) is 0.132. The number of nitrogens with zero attached hydrogens (tertiary/aromatic N) is 2. The molecule has 4 heteroatoms. The fraction of sp³-hybridized carbons (Fsp3) is 0.688. The van der Waals surface area contributed by atoms with Crippen molar-refractivity contribution in [1.82, 2.24) is 9.47 Å². The number of rotatable bonds is 3. The molecule has 1 fully saturated rings. The second-order valence-corrected chi connectivity index (χ2v) is 6.66. The molecule has 4 nitrogen and oxygen atoms in total. The zero-order valence-corrected chi connectivity index (χ0v) is 13.0. The highest BCUT2D eigenvalue weighted by atomic mass is 16.2. The van der Waals surface area contributed by atoms with E-state index in [1.165, 1.54) is 6.42 Å². The van der Waals surface area contributed by atoms with Gasteiger partial charge in [0.15, 0.2) is 0 Å². The van der Waals surface area contributed by atoms with Crippen molar-refractivity contribution in [2.45, 2.75) is 53.0 Å². The van der Waals surface area contributed by atoms with Crippen molar-refractivity contribution in [3.05, 3.63) is 18.0 Å². The number of aryl methyl sites for hydroxylation is 1. The van der Waals surface area contributed by atoms with Crippen LogP contribution >= 0.6 is 0 Å². The number of hydrogen-bond acceptors (Lipinski definition) is 2. The van der Waals surface area contributed by atoms with E-state index in [9.17, 15) is 4.79 Å². The summed E-state index contributed by atoms with van der Waals surface area (Å²) in [4.78, 5) is 14.7. The van der Waals surface area contributed by atoms with Gasteiger partial charge in [0.2, 0.25) is 0 Å². The molecule has 20 heavy (non-hydrogen) atoms. The maximum absolute atomic E-state index is 12.7. The predicted octanol–water partition coefficient (Wildman–Crippen LogP) is 3.13. The molecule has 0 aliphatic carbocycles. The molecule has 1 amide bonds. The molecule has 2 N–H and O–H groups in total. The summed E-state index contributed by atoms with van der Waals surface area (Å²) in [6.07, 6.45) is 6.22. The zero-order chi connectivity index (χ0) is 14.8. The Morgan fingerprint density at radius 2 is 2.10 bits per heavy atom. The first-order chi connectivity index (χ1) is 9.43. The molecule has 2 heterocycles. The molecule has 1 saturated heterocycles. The van der Waals surface area contributed by atoms with Crippen LogP contribution in [0.3, 0.4) is 0 Å². The van der Waals surface area contributed by atoms with E-state index in [-0.39, 0.29) is 5.91 Å². The number of anilines is 1. The van der Waals surface area contributed by atoms with Crippen molar-refractivity contribution in [2.75, 3.05) is 18.8 Å². The standard InChI is InChI=1S/C16H27N3O/c1-4-8-19-12-13(17)11-14(19)15(20)18-9-5-6-16(2,3)7-10-18/h11-12H,4-10,17H2,1-3H3. The molecular weight excluding hydrogens is 250 g/mol. The number of aromatic nitrogens is 1. The number of nitrogen functional groups attached to an aromatic ring is 1. The van der Waals surface area contributed by atoms with Gasteiger partial charge in [-0.3, -0.25) is 4.79 Å². The third-order valence-corrected chi connectivity index (χ3v) is 4.23. The molecule has 1 aromatic rings. The van der Waals surface area contributed by atoms with Crippen LogP contribution in [-0.2, 0) is 6.54 Å². The van der Waals surface area contributed by atoms with E-state index in [1.54, 1.807) is 0 Å². The Kier molecular flexibility index (Phi) is 4.41. The quantitative estimate of drug-likeness (QED) is 0.922. The molecule has 1 aliphatic rings. The third kappa shape index (κ3) is 3.35. The molecule has 0 saturated carbocycles. The summed E-state index contributed by atoms with van der Waals surface area (Å²) in [7, 11) is 0. The summed E-state index contributed by atoms with van der Waals surface area (Å²) in [6, 6.07) is 1.81. The van der Waals surface area contributed by atoms with Crippen molar-refractivity contribution in [3.8, 4) is 0 Å². The van der Waals surface area contributed by atoms with Crippen molar-refractivity contribution >= 4 is 11.6 Å². The van der Waals surface area contributed by atoms with Crippen LogP contribution in [0.4, 0.5) is 5.69 Å². The highest BCUT2D eigenvalue weighted by Gasteiger charge is 2.27. The lowest BCUT2D eigenvalue weighted by molar-refractivity contribution is 0.0746. The fourth-order valence-corrected chi connectivity index (χ4v) is 2.93. The maximum Gasteiger partial charge on any atom is 0.270 e. The molecule has 0 unspecified atom stereocenters. The van der Waals surface area contributed by atoms with Crippen LogP contribution in [0.5, 0.6) is 0 Å². The van der Waals surface area contributed by atoms with Crippen molar-refractivity contribution in [3.63, 3.8) is 0 Å². The van der Waals surface area contributed by atoms with E-state index in [2.05, 4.69) is 20.8 Å². The Morgan fingerprint density at radius 1 is 1.35 bits per heavy atom. The van der Waals surface area contributed by atoms with E-state index < -0.39 is 0 Å². The molecular formula is C16H27N3O. The molecule has 0 bridgehead atoms. The monoisotopic (exact) mass is 277 g/mol. The first kappa shape index (κ1) is 14.9. The average Bonchev–Trinajstić information content (AvgIpc) is 2.63. The molecule has 0 spiro atoms. The van der Waals surface area contributed by atoms with Gasteiger partial charge in [-0.25, -0.2) is 0 Å². The summed E-state index contributed by atoms with van der Waals surface area (Å²) >= 11 is 0. The second kappa shape index (κ2) is 5.90. The average molecular weight is 277 g/mol. The van der Waals surface area contributed by atoms with Crippen molar-refractivity contribution in [1.29, 1.82) is 0 Å². The van der Waals surface area contributed by atoms with E-state index in [0.717, 1.165) is 44.6 Å². The highest BCUT2D eigenvalue weighted by molar-refractivity contribution is 5.93. The number of carbonyl (C=O) groups is 1. The summed E-state index contributed by atoms with van der Waals surface area (Å²) < 4.78 is 1.99. The number of hydrogen-bond donors (Lipinski definition) is 1. The summed E-state index contributed by atoms with van der Waals surface area (Å²) in [5.41, 5.74) is 7.62. The Labute approximate surface area is 121 Å². The normalized spacial score (nSPS) is 18.9. The Hall–Kier alpha value is -1.45. The van der Waals surface area contributed by atoms with Crippen LogP contribution in [0.15, 0.2) is 12.3 Å². The van der Waals surface area contributed by atoms with Gasteiger partial charge in [-0.1, -0.05) is 20.8 Å². The Morgan fingerprint density at radius 3 is 2.80 bits per heavy atom. The van der Waals surface area contributed by atoms with Gasteiger partial charge < -0.3 is 15.2 Å². The third-order valence-electron chi connectivity index (χ3n) is 4.23. The number of likely N-dealkylation sites (tertiary alicyclic amines) is 1. The smallest absolute Gasteiger partial charge is 0.270 e.